The van der Waals surface area contributed by atoms with Crippen LogP contribution < -0.4 is 5.73 Å². The van der Waals surface area contributed by atoms with Crippen molar-refractivity contribution in [3.63, 3.8) is 0 Å². The van der Waals surface area contributed by atoms with Crippen molar-refractivity contribution in [2.45, 2.75) is 37.8 Å². The van der Waals surface area contributed by atoms with E-state index >= 15 is 0 Å². The summed E-state index contributed by atoms with van der Waals surface area (Å²) >= 11 is 1.60. The van der Waals surface area contributed by atoms with Crippen LogP contribution in [0.5, 0.6) is 0 Å². The van der Waals surface area contributed by atoms with E-state index < -0.39 is 6.04 Å². The minimum Gasteiger partial charge on any atom is -0.348 e. The van der Waals surface area contributed by atoms with Gasteiger partial charge in [-0.2, -0.15) is 0 Å². The van der Waals surface area contributed by atoms with Crippen LogP contribution >= 0.6 is 36.2 Å². The number of aromatic nitrogens is 5. The minimum absolute atomic E-state index is 0. The SMILES string of the molecule is Cl.Cl.N[C@@H](Cc1cnc[nH]1)C(=O)N1CCC(c2nccn2Cc2cscn2)CC1. The Kier molecular flexibility index (Phi) is 8.63. The largest absolute Gasteiger partial charge is 0.348 e. The highest BCUT2D eigenvalue weighted by molar-refractivity contribution is 7.07. The zero-order valence-corrected chi connectivity index (χ0v) is 18.3. The van der Waals surface area contributed by atoms with Gasteiger partial charge in [0.05, 0.1) is 30.1 Å². The minimum atomic E-state index is -0.534. The lowest BCUT2D eigenvalue weighted by molar-refractivity contribution is -0.133. The van der Waals surface area contributed by atoms with Gasteiger partial charge in [0.15, 0.2) is 0 Å². The molecule has 29 heavy (non-hydrogen) atoms. The Balaban J connectivity index is 0.00000150. The van der Waals surface area contributed by atoms with Gasteiger partial charge < -0.3 is 20.2 Å². The Bertz CT molecular complexity index is 861. The van der Waals surface area contributed by atoms with E-state index in [0.29, 0.717) is 25.4 Å². The van der Waals surface area contributed by atoms with Crippen molar-refractivity contribution in [3.8, 4) is 0 Å². The molecule has 1 aliphatic heterocycles. The van der Waals surface area contributed by atoms with Crippen LogP contribution in [-0.2, 0) is 17.8 Å². The molecule has 0 bridgehead atoms. The summed E-state index contributed by atoms with van der Waals surface area (Å²) in [5, 5.41) is 2.06. The van der Waals surface area contributed by atoms with E-state index in [1.165, 1.54) is 0 Å². The number of H-pyrrole nitrogens is 1. The lowest BCUT2D eigenvalue weighted by Gasteiger charge is -2.33. The van der Waals surface area contributed by atoms with Gasteiger partial charge in [-0.15, -0.1) is 36.2 Å². The van der Waals surface area contributed by atoms with E-state index in [0.717, 1.165) is 36.6 Å². The molecule has 3 aromatic rings. The molecule has 158 valence electrons. The molecule has 1 saturated heterocycles. The number of imidazole rings is 2. The summed E-state index contributed by atoms with van der Waals surface area (Å²) in [5.74, 6) is 1.44. The van der Waals surface area contributed by atoms with Crippen LogP contribution in [0.4, 0.5) is 0 Å². The molecule has 0 radical (unpaired) electrons. The predicted molar refractivity (Wildman–Crippen MR) is 117 cm³/mol. The zero-order valence-electron chi connectivity index (χ0n) is 15.8. The number of nitrogens with one attached hydrogen (secondary N) is 1. The van der Waals surface area contributed by atoms with Gasteiger partial charge in [-0.1, -0.05) is 0 Å². The van der Waals surface area contributed by atoms with Gasteiger partial charge in [-0.25, -0.2) is 15.0 Å². The zero-order chi connectivity index (χ0) is 18.6. The number of carbonyl (C=O) groups is 1. The van der Waals surface area contributed by atoms with Crippen LogP contribution in [0.15, 0.2) is 35.8 Å². The third-order valence-corrected chi connectivity index (χ3v) is 5.68. The fourth-order valence-corrected chi connectivity index (χ4v) is 4.17. The number of thiazole rings is 1. The number of carbonyl (C=O) groups excluding carboxylic acids is 1. The summed E-state index contributed by atoms with van der Waals surface area (Å²) in [6.07, 6.45) is 9.45. The fraction of sp³-hybridized carbons (Fsp3) is 0.444. The number of nitrogens with zero attached hydrogens (tertiary/aromatic N) is 5. The van der Waals surface area contributed by atoms with Crippen LogP contribution in [0.2, 0.25) is 0 Å². The number of nitrogens with two attached hydrogens (primary N) is 1. The van der Waals surface area contributed by atoms with E-state index in [4.69, 9.17) is 5.73 Å². The van der Waals surface area contributed by atoms with Gasteiger partial charge in [0.25, 0.3) is 0 Å². The number of rotatable bonds is 6. The first-order valence-corrected chi connectivity index (χ1v) is 10.0. The highest BCUT2D eigenvalue weighted by Crippen LogP contribution is 2.27. The van der Waals surface area contributed by atoms with Crippen LogP contribution in [0.1, 0.15) is 36.0 Å². The molecule has 1 fully saturated rings. The number of piperidine rings is 1. The number of halogens is 2. The first-order chi connectivity index (χ1) is 13.2. The van der Waals surface area contributed by atoms with Gasteiger partial charge in [0, 0.05) is 55.1 Å². The summed E-state index contributed by atoms with van der Waals surface area (Å²) < 4.78 is 2.17. The third kappa shape index (κ3) is 5.57. The highest BCUT2D eigenvalue weighted by atomic mass is 35.5. The van der Waals surface area contributed by atoms with E-state index in [1.54, 1.807) is 23.9 Å². The topological polar surface area (TPSA) is 106 Å². The quantitative estimate of drug-likeness (QED) is 0.590. The van der Waals surface area contributed by atoms with Crippen LogP contribution in [0.25, 0.3) is 0 Å². The monoisotopic (exact) mass is 457 g/mol. The van der Waals surface area contributed by atoms with Crippen molar-refractivity contribution in [1.82, 2.24) is 29.4 Å². The maximum Gasteiger partial charge on any atom is 0.239 e. The van der Waals surface area contributed by atoms with Gasteiger partial charge in [-0.3, -0.25) is 4.79 Å². The third-order valence-electron chi connectivity index (χ3n) is 5.05. The van der Waals surface area contributed by atoms with E-state index in [-0.39, 0.29) is 30.7 Å². The first-order valence-electron chi connectivity index (χ1n) is 9.10. The number of amides is 1. The molecule has 0 aliphatic carbocycles. The van der Waals surface area contributed by atoms with Crippen molar-refractivity contribution in [2.75, 3.05) is 13.1 Å². The molecule has 3 aromatic heterocycles. The average molecular weight is 458 g/mol. The molecule has 0 saturated carbocycles. The van der Waals surface area contributed by atoms with Crippen molar-refractivity contribution in [3.05, 3.63) is 53.0 Å². The average Bonchev–Trinajstić information content (AvgIpc) is 3.45. The lowest BCUT2D eigenvalue weighted by atomic mass is 9.95. The highest BCUT2D eigenvalue weighted by Gasteiger charge is 2.29. The molecule has 1 atom stereocenters. The van der Waals surface area contributed by atoms with Crippen molar-refractivity contribution < 1.29 is 4.79 Å². The second kappa shape index (κ2) is 10.7. The molecule has 1 amide bonds. The maximum absolute atomic E-state index is 12.6. The number of likely N-dealkylation sites (tertiary alicyclic amines) is 1. The lowest BCUT2D eigenvalue weighted by Crippen LogP contribution is -2.48. The van der Waals surface area contributed by atoms with Gasteiger partial charge in [0.2, 0.25) is 5.91 Å². The Morgan fingerprint density at radius 1 is 1.31 bits per heavy atom. The van der Waals surface area contributed by atoms with Crippen LogP contribution in [-0.4, -0.2) is 54.4 Å². The molecular weight excluding hydrogens is 433 g/mol. The fourth-order valence-electron chi connectivity index (χ4n) is 3.62. The molecule has 0 aromatic carbocycles. The predicted octanol–water partition coefficient (Wildman–Crippen LogP) is 2.23. The van der Waals surface area contributed by atoms with Crippen LogP contribution in [0, 0.1) is 0 Å². The maximum atomic E-state index is 12.6. The van der Waals surface area contributed by atoms with Crippen molar-refractivity contribution in [2.24, 2.45) is 5.73 Å². The molecule has 1 aliphatic rings. The summed E-state index contributed by atoms with van der Waals surface area (Å²) in [6.45, 7) is 2.17. The van der Waals surface area contributed by atoms with Crippen molar-refractivity contribution in [1.29, 1.82) is 0 Å². The van der Waals surface area contributed by atoms with E-state index in [9.17, 15) is 4.79 Å². The Morgan fingerprint density at radius 3 is 2.76 bits per heavy atom. The van der Waals surface area contributed by atoms with Gasteiger partial charge in [0.1, 0.15) is 5.82 Å². The number of hydrogen-bond acceptors (Lipinski definition) is 6. The summed E-state index contributed by atoms with van der Waals surface area (Å²) in [7, 11) is 0. The summed E-state index contributed by atoms with van der Waals surface area (Å²) in [4.78, 5) is 30.4. The molecule has 4 heterocycles. The standard InChI is InChI=1S/C18H23N7OS.2ClH/c19-16(7-14-8-20-11-22-14)18(26)24-4-1-13(2-5-24)17-21-3-6-25(17)9-15-10-27-12-23-15;;/h3,6,8,10-13,16H,1-2,4-5,7,9,19H2,(H,20,22);2*1H/t16-;;/m0../s1. The normalized spacial score (nSPS) is 15.4. The molecular formula is C18H25Cl2N7OS. The van der Waals surface area contributed by atoms with Gasteiger partial charge >= 0.3 is 0 Å². The summed E-state index contributed by atoms with van der Waals surface area (Å²) in [5.41, 5.74) is 9.89. The second-order valence-corrected chi connectivity index (χ2v) is 7.60. The molecule has 3 N–H and O–H groups in total. The first kappa shape index (κ1) is 23.3. The molecule has 11 heteroatoms. The second-order valence-electron chi connectivity index (χ2n) is 6.88. The Labute approximate surface area is 185 Å². The number of aromatic amines is 1. The van der Waals surface area contributed by atoms with Crippen LogP contribution in [0.3, 0.4) is 0 Å². The molecule has 0 unspecified atom stereocenters. The summed E-state index contributed by atoms with van der Waals surface area (Å²) in [6, 6.07) is -0.534. The molecule has 4 rings (SSSR count). The van der Waals surface area contributed by atoms with Gasteiger partial charge in [-0.05, 0) is 12.8 Å². The van der Waals surface area contributed by atoms with Crippen molar-refractivity contribution >= 4 is 42.1 Å². The molecule has 8 nitrogen and oxygen atoms in total. The Hall–Kier alpha value is -1.94. The van der Waals surface area contributed by atoms with E-state index in [2.05, 4.69) is 29.9 Å². The number of hydrogen-bond donors (Lipinski definition) is 2. The Morgan fingerprint density at radius 2 is 2.10 bits per heavy atom. The molecule has 0 spiro atoms. The van der Waals surface area contributed by atoms with E-state index in [1.807, 2.05) is 22.8 Å². The smallest absolute Gasteiger partial charge is 0.239 e.